The minimum absolute atomic E-state index is 0.251. The van der Waals surface area contributed by atoms with E-state index in [4.69, 9.17) is 4.98 Å². The molecule has 1 aliphatic rings. The van der Waals surface area contributed by atoms with E-state index >= 15 is 0 Å². The number of benzene rings is 1. The highest BCUT2D eigenvalue weighted by Gasteiger charge is 2.30. The second-order valence-corrected chi connectivity index (χ2v) is 6.55. The van der Waals surface area contributed by atoms with Crippen molar-refractivity contribution >= 4 is 18.0 Å². The Balaban J connectivity index is 1.96. The van der Waals surface area contributed by atoms with Gasteiger partial charge < -0.3 is 9.36 Å². The fourth-order valence-electron chi connectivity index (χ4n) is 3.17. The molecule has 0 saturated carbocycles. The first-order valence-corrected chi connectivity index (χ1v) is 9.13. The van der Waals surface area contributed by atoms with Gasteiger partial charge >= 0.3 is 0 Å². The van der Waals surface area contributed by atoms with Crippen LogP contribution in [-0.4, -0.2) is 32.1 Å². The number of thioether (sulfide) groups is 1. The molecule has 0 fully saturated rings. The molecule has 126 valence electrons. The van der Waals surface area contributed by atoms with E-state index < -0.39 is 0 Å². The van der Waals surface area contributed by atoms with Gasteiger partial charge in [0.15, 0.2) is 5.16 Å². The number of fused-ring (bicyclic) bond motifs is 1. The summed E-state index contributed by atoms with van der Waals surface area (Å²) in [6.07, 6.45) is 6.04. The van der Waals surface area contributed by atoms with E-state index in [1.54, 1.807) is 18.3 Å². The molecule has 0 spiro atoms. The number of carbonyl (C=O) groups is 1. The quantitative estimate of drug-likeness (QED) is 0.407. The number of nitrogens with zero attached hydrogens (tertiary/aromatic N) is 4. The molecule has 5 nitrogen and oxygen atoms in total. The lowest BCUT2D eigenvalue weighted by atomic mass is 10.1. The van der Waals surface area contributed by atoms with Crippen LogP contribution in [0.2, 0.25) is 0 Å². The SMILES string of the molecule is CSc1nccc(-c2c(-c3ccc(F)cc3)nc3n2[C@H](C=O)CC3)n1. The van der Waals surface area contributed by atoms with E-state index in [-0.39, 0.29) is 11.9 Å². The van der Waals surface area contributed by atoms with Crippen LogP contribution in [0.1, 0.15) is 18.3 Å². The molecule has 0 saturated heterocycles. The number of hydrogen-bond donors (Lipinski definition) is 0. The van der Waals surface area contributed by atoms with Crippen molar-refractivity contribution in [3.8, 4) is 22.6 Å². The van der Waals surface area contributed by atoms with Gasteiger partial charge in [-0.05, 0) is 43.0 Å². The van der Waals surface area contributed by atoms with Crippen molar-refractivity contribution in [2.75, 3.05) is 6.26 Å². The number of imidazole rings is 1. The molecular weight excluding hydrogens is 339 g/mol. The Hall–Kier alpha value is -2.54. The lowest BCUT2D eigenvalue weighted by molar-refractivity contribution is -0.110. The molecule has 2 aromatic heterocycles. The van der Waals surface area contributed by atoms with Gasteiger partial charge in [-0.15, -0.1) is 0 Å². The highest BCUT2D eigenvalue weighted by atomic mass is 32.2. The Labute approximate surface area is 148 Å². The Morgan fingerprint density at radius 1 is 1.24 bits per heavy atom. The number of rotatable bonds is 4. The number of halogens is 1. The van der Waals surface area contributed by atoms with Crippen LogP contribution in [0.3, 0.4) is 0 Å². The summed E-state index contributed by atoms with van der Waals surface area (Å²) in [6.45, 7) is 0. The Morgan fingerprint density at radius 2 is 2.04 bits per heavy atom. The van der Waals surface area contributed by atoms with E-state index in [1.807, 2.05) is 16.9 Å². The van der Waals surface area contributed by atoms with E-state index in [2.05, 4.69) is 9.97 Å². The largest absolute Gasteiger partial charge is 0.316 e. The molecule has 0 aliphatic carbocycles. The van der Waals surface area contributed by atoms with E-state index in [0.717, 1.165) is 36.2 Å². The summed E-state index contributed by atoms with van der Waals surface area (Å²) in [4.78, 5) is 25.1. The standard InChI is InChI=1S/C18H15FN4OS/c1-25-18-20-9-8-14(21-18)17-16(11-2-4-12(19)5-3-11)22-15-7-6-13(10-24)23(15)17/h2-5,8-10,13H,6-7H2,1H3/t13-/m0/s1. The molecule has 0 amide bonds. The van der Waals surface area contributed by atoms with Crippen molar-refractivity contribution in [1.29, 1.82) is 0 Å². The highest BCUT2D eigenvalue weighted by molar-refractivity contribution is 7.98. The summed E-state index contributed by atoms with van der Waals surface area (Å²) in [5.74, 6) is 0.560. The smallest absolute Gasteiger partial charge is 0.187 e. The normalized spacial score (nSPS) is 16.0. The average Bonchev–Trinajstić information content (AvgIpc) is 3.21. The molecule has 1 aliphatic heterocycles. The first kappa shape index (κ1) is 16.0. The third-order valence-electron chi connectivity index (χ3n) is 4.31. The zero-order valence-electron chi connectivity index (χ0n) is 13.5. The fraction of sp³-hybridized carbons (Fsp3) is 0.222. The van der Waals surface area contributed by atoms with Crippen LogP contribution in [-0.2, 0) is 11.2 Å². The molecule has 0 N–H and O–H groups in total. The first-order valence-electron chi connectivity index (χ1n) is 7.91. The number of carbonyl (C=O) groups excluding carboxylic acids is 1. The lowest BCUT2D eigenvalue weighted by Gasteiger charge is -2.12. The maximum Gasteiger partial charge on any atom is 0.187 e. The Bertz CT molecular complexity index is 939. The molecule has 0 bridgehead atoms. The van der Waals surface area contributed by atoms with Gasteiger partial charge in [-0.2, -0.15) is 0 Å². The molecule has 7 heteroatoms. The third kappa shape index (κ3) is 2.74. The van der Waals surface area contributed by atoms with Gasteiger partial charge in [0.2, 0.25) is 0 Å². The lowest BCUT2D eigenvalue weighted by Crippen LogP contribution is -2.08. The maximum atomic E-state index is 13.3. The van der Waals surface area contributed by atoms with Gasteiger partial charge in [-0.25, -0.2) is 19.3 Å². The molecule has 3 heterocycles. The number of hydrogen-bond acceptors (Lipinski definition) is 5. The molecule has 0 radical (unpaired) electrons. The summed E-state index contributed by atoms with van der Waals surface area (Å²) in [7, 11) is 0. The summed E-state index contributed by atoms with van der Waals surface area (Å²) in [6, 6.07) is 7.78. The van der Waals surface area contributed by atoms with Crippen molar-refractivity contribution in [3.63, 3.8) is 0 Å². The predicted molar refractivity (Wildman–Crippen MR) is 93.9 cm³/mol. The van der Waals surface area contributed by atoms with E-state index in [9.17, 15) is 9.18 Å². The molecule has 4 rings (SSSR count). The Morgan fingerprint density at radius 3 is 2.76 bits per heavy atom. The van der Waals surface area contributed by atoms with Crippen LogP contribution >= 0.6 is 11.8 Å². The minimum Gasteiger partial charge on any atom is -0.316 e. The van der Waals surface area contributed by atoms with Crippen molar-refractivity contribution in [3.05, 3.63) is 48.2 Å². The van der Waals surface area contributed by atoms with Crippen LogP contribution in [0.4, 0.5) is 4.39 Å². The maximum absolute atomic E-state index is 13.3. The van der Waals surface area contributed by atoms with E-state index in [1.165, 1.54) is 23.9 Å². The number of aryl methyl sites for hydroxylation is 1. The minimum atomic E-state index is -0.297. The predicted octanol–water partition coefficient (Wildman–Crippen LogP) is 3.55. The van der Waals surface area contributed by atoms with Gasteiger partial charge in [0.1, 0.15) is 17.9 Å². The molecule has 0 unspecified atom stereocenters. The molecule has 3 aromatic rings. The van der Waals surface area contributed by atoms with Crippen LogP contribution in [0.5, 0.6) is 0 Å². The molecule has 1 atom stereocenters. The third-order valence-corrected chi connectivity index (χ3v) is 4.87. The Kier molecular flexibility index (Phi) is 4.09. The zero-order chi connectivity index (χ0) is 17.4. The topological polar surface area (TPSA) is 60.7 Å². The second kappa shape index (κ2) is 6.40. The molecular formula is C18H15FN4OS. The zero-order valence-corrected chi connectivity index (χ0v) is 14.3. The summed E-state index contributed by atoms with van der Waals surface area (Å²) < 4.78 is 15.3. The van der Waals surface area contributed by atoms with Crippen molar-refractivity contribution < 1.29 is 9.18 Å². The van der Waals surface area contributed by atoms with Gasteiger partial charge in [0.05, 0.1) is 23.1 Å². The van der Waals surface area contributed by atoms with Crippen molar-refractivity contribution in [2.45, 2.75) is 24.0 Å². The monoisotopic (exact) mass is 354 g/mol. The van der Waals surface area contributed by atoms with Crippen LogP contribution < -0.4 is 0 Å². The molecule has 1 aromatic carbocycles. The van der Waals surface area contributed by atoms with Crippen molar-refractivity contribution in [1.82, 2.24) is 19.5 Å². The first-order chi connectivity index (χ1) is 12.2. The van der Waals surface area contributed by atoms with Gasteiger partial charge in [0, 0.05) is 18.2 Å². The van der Waals surface area contributed by atoms with Crippen molar-refractivity contribution in [2.24, 2.45) is 0 Å². The average molecular weight is 354 g/mol. The van der Waals surface area contributed by atoms with Crippen LogP contribution in [0.15, 0.2) is 41.7 Å². The summed E-state index contributed by atoms with van der Waals surface area (Å²) in [5, 5.41) is 0.652. The van der Waals surface area contributed by atoms with E-state index in [0.29, 0.717) is 16.5 Å². The van der Waals surface area contributed by atoms with Gasteiger partial charge in [-0.1, -0.05) is 11.8 Å². The highest BCUT2D eigenvalue weighted by Crippen LogP contribution is 2.38. The fourth-order valence-corrected chi connectivity index (χ4v) is 3.53. The van der Waals surface area contributed by atoms with Crippen LogP contribution in [0.25, 0.3) is 22.6 Å². The summed E-state index contributed by atoms with van der Waals surface area (Å²) in [5.41, 5.74) is 3.01. The van der Waals surface area contributed by atoms with Gasteiger partial charge in [-0.3, -0.25) is 0 Å². The molecule has 25 heavy (non-hydrogen) atoms. The number of aldehydes is 1. The van der Waals surface area contributed by atoms with Crippen LogP contribution in [0, 0.1) is 5.82 Å². The van der Waals surface area contributed by atoms with Gasteiger partial charge in [0.25, 0.3) is 0 Å². The number of aromatic nitrogens is 4. The second-order valence-electron chi connectivity index (χ2n) is 5.77. The summed E-state index contributed by atoms with van der Waals surface area (Å²) >= 11 is 1.45.